The van der Waals surface area contributed by atoms with E-state index in [1.165, 1.54) is 0 Å². The fourth-order valence-corrected chi connectivity index (χ4v) is 0.740. The average Bonchev–Trinajstić information content (AvgIpc) is 2.00. The van der Waals surface area contributed by atoms with Gasteiger partial charge in [0.05, 0.1) is 5.84 Å². The number of hydrogen-bond acceptors (Lipinski definition) is 2. The lowest BCUT2D eigenvalue weighted by Gasteiger charge is -2.06. The molecule has 4 heteroatoms. The summed E-state index contributed by atoms with van der Waals surface area (Å²) in [5, 5.41) is 2.81. The summed E-state index contributed by atoms with van der Waals surface area (Å²) in [6.07, 6.45) is 0.418. The molecule has 76 valence electrons. The lowest BCUT2D eigenvalue weighted by Crippen LogP contribution is -2.27. The molecule has 0 heterocycles. The molecule has 0 bridgehead atoms. The van der Waals surface area contributed by atoms with Crippen molar-refractivity contribution in [2.75, 3.05) is 13.1 Å². The second-order valence-electron chi connectivity index (χ2n) is 3.47. The largest absolute Gasteiger partial charge is 0.388 e. The Morgan fingerprint density at radius 2 is 2.15 bits per heavy atom. The van der Waals surface area contributed by atoms with Crippen molar-refractivity contribution >= 4 is 11.7 Å². The second kappa shape index (κ2) is 6.46. The molecule has 0 aliphatic carbocycles. The second-order valence-corrected chi connectivity index (χ2v) is 3.47. The van der Waals surface area contributed by atoms with Crippen LogP contribution in [-0.2, 0) is 4.79 Å². The Bertz CT molecular complexity index is 183. The van der Waals surface area contributed by atoms with Crippen molar-refractivity contribution in [3.8, 4) is 0 Å². The van der Waals surface area contributed by atoms with Crippen LogP contribution in [0.25, 0.3) is 0 Å². The van der Waals surface area contributed by atoms with Crippen LogP contribution in [0.5, 0.6) is 0 Å². The molecule has 0 rings (SSSR count). The first kappa shape index (κ1) is 11.9. The van der Waals surface area contributed by atoms with Crippen LogP contribution in [0.4, 0.5) is 0 Å². The molecule has 0 fully saturated rings. The van der Waals surface area contributed by atoms with E-state index in [0.29, 0.717) is 24.7 Å². The Balaban J connectivity index is 3.47. The van der Waals surface area contributed by atoms with E-state index in [0.717, 1.165) is 6.54 Å². The summed E-state index contributed by atoms with van der Waals surface area (Å²) < 4.78 is 0. The minimum absolute atomic E-state index is 0.0405. The zero-order chi connectivity index (χ0) is 10.3. The molecule has 0 aromatic rings. The minimum atomic E-state index is 0.0405. The van der Waals surface area contributed by atoms with E-state index in [-0.39, 0.29) is 5.91 Å². The third kappa shape index (κ3) is 8.85. The van der Waals surface area contributed by atoms with Crippen LogP contribution >= 0.6 is 0 Å². The molecule has 3 N–H and O–H groups in total. The predicted molar refractivity (Wildman–Crippen MR) is 54.6 cm³/mol. The van der Waals surface area contributed by atoms with Crippen molar-refractivity contribution in [1.82, 2.24) is 5.32 Å². The molecule has 0 unspecified atom stereocenters. The molecule has 0 saturated heterocycles. The van der Waals surface area contributed by atoms with Crippen LogP contribution in [0.3, 0.4) is 0 Å². The van der Waals surface area contributed by atoms with Gasteiger partial charge in [0.2, 0.25) is 5.91 Å². The van der Waals surface area contributed by atoms with E-state index in [2.05, 4.69) is 24.2 Å². The van der Waals surface area contributed by atoms with Crippen molar-refractivity contribution < 1.29 is 4.79 Å². The standard InChI is InChI=1S/C9H19N3O/c1-7(2)6-12-9(13)4-5-11-8(3)10/h7H,4-6H2,1-3H3,(H2,10,11)(H,12,13). The number of amides is 1. The molecule has 0 atom stereocenters. The summed E-state index contributed by atoms with van der Waals surface area (Å²) in [5.41, 5.74) is 5.32. The zero-order valence-electron chi connectivity index (χ0n) is 8.63. The highest BCUT2D eigenvalue weighted by Gasteiger charge is 2.00. The fourth-order valence-electron chi connectivity index (χ4n) is 0.740. The monoisotopic (exact) mass is 185 g/mol. The molecule has 0 aromatic carbocycles. The lowest BCUT2D eigenvalue weighted by atomic mass is 10.2. The van der Waals surface area contributed by atoms with Gasteiger partial charge in [-0.1, -0.05) is 13.8 Å². The van der Waals surface area contributed by atoms with Gasteiger partial charge in [0.1, 0.15) is 0 Å². The molecule has 0 radical (unpaired) electrons. The van der Waals surface area contributed by atoms with Gasteiger partial charge in [0, 0.05) is 19.5 Å². The highest BCUT2D eigenvalue weighted by atomic mass is 16.1. The van der Waals surface area contributed by atoms with Gasteiger partial charge >= 0.3 is 0 Å². The Labute approximate surface area is 79.6 Å². The molecule has 0 aliphatic heterocycles. The number of amidine groups is 1. The number of nitrogens with one attached hydrogen (secondary N) is 1. The van der Waals surface area contributed by atoms with Crippen LogP contribution < -0.4 is 11.1 Å². The number of nitrogens with two attached hydrogens (primary N) is 1. The summed E-state index contributed by atoms with van der Waals surface area (Å²) in [6.45, 7) is 7.04. The van der Waals surface area contributed by atoms with Crippen LogP contribution in [0.2, 0.25) is 0 Å². The number of nitrogens with zero attached hydrogens (tertiary/aromatic N) is 1. The fraction of sp³-hybridized carbons (Fsp3) is 0.778. The molecule has 0 spiro atoms. The summed E-state index contributed by atoms with van der Waals surface area (Å²) >= 11 is 0. The average molecular weight is 185 g/mol. The van der Waals surface area contributed by atoms with Gasteiger partial charge in [-0.2, -0.15) is 0 Å². The molecule has 0 aliphatic rings. The SMILES string of the molecule is CC(N)=NCCC(=O)NCC(C)C. The third-order valence-corrected chi connectivity index (χ3v) is 1.41. The van der Waals surface area contributed by atoms with Gasteiger partial charge in [-0.05, 0) is 12.8 Å². The topological polar surface area (TPSA) is 67.5 Å². The Morgan fingerprint density at radius 3 is 2.62 bits per heavy atom. The number of rotatable bonds is 5. The number of aliphatic imine (C=N–C) groups is 1. The molecule has 4 nitrogen and oxygen atoms in total. The smallest absolute Gasteiger partial charge is 0.221 e. The third-order valence-electron chi connectivity index (χ3n) is 1.41. The molecule has 13 heavy (non-hydrogen) atoms. The Hall–Kier alpha value is -1.06. The molecule has 1 amide bonds. The summed E-state index contributed by atoms with van der Waals surface area (Å²) in [4.78, 5) is 15.0. The summed E-state index contributed by atoms with van der Waals surface area (Å²) in [7, 11) is 0. The molecular weight excluding hydrogens is 166 g/mol. The van der Waals surface area contributed by atoms with Crippen molar-refractivity contribution in [2.24, 2.45) is 16.6 Å². The van der Waals surface area contributed by atoms with Crippen LogP contribution in [-0.4, -0.2) is 24.8 Å². The van der Waals surface area contributed by atoms with E-state index in [1.807, 2.05) is 0 Å². The van der Waals surface area contributed by atoms with Crippen LogP contribution in [0.1, 0.15) is 27.2 Å². The quantitative estimate of drug-likeness (QED) is 0.484. The highest BCUT2D eigenvalue weighted by Crippen LogP contribution is 1.88. The maximum atomic E-state index is 11.1. The van der Waals surface area contributed by atoms with Crippen molar-refractivity contribution in [1.29, 1.82) is 0 Å². The molecule has 0 saturated carbocycles. The van der Waals surface area contributed by atoms with Gasteiger partial charge in [0.15, 0.2) is 0 Å². The van der Waals surface area contributed by atoms with Gasteiger partial charge < -0.3 is 11.1 Å². The number of carbonyl (C=O) groups excluding carboxylic acids is 1. The van der Waals surface area contributed by atoms with E-state index in [9.17, 15) is 4.79 Å². The van der Waals surface area contributed by atoms with Gasteiger partial charge in [0.25, 0.3) is 0 Å². The van der Waals surface area contributed by atoms with E-state index < -0.39 is 0 Å². The summed E-state index contributed by atoms with van der Waals surface area (Å²) in [5.74, 6) is 1.05. The molecule has 0 aromatic heterocycles. The first-order valence-electron chi connectivity index (χ1n) is 4.55. The van der Waals surface area contributed by atoms with Crippen LogP contribution in [0.15, 0.2) is 4.99 Å². The van der Waals surface area contributed by atoms with Crippen molar-refractivity contribution in [3.05, 3.63) is 0 Å². The normalized spacial score (nSPS) is 11.8. The van der Waals surface area contributed by atoms with Gasteiger partial charge in [-0.25, -0.2) is 0 Å². The Morgan fingerprint density at radius 1 is 1.54 bits per heavy atom. The first-order valence-corrected chi connectivity index (χ1v) is 4.55. The minimum Gasteiger partial charge on any atom is -0.388 e. The van der Waals surface area contributed by atoms with Crippen molar-refractivity contribution in [3.63, 3.8) is 0 Å². The maximum Gasteiger partial charge on any atom is 0.221 e. The predicted octanol–water partition coefficient (Wildman–Crippen LogP) is 0.526. The maximum absolute atomic E-state index is 11.1. The van der Waals surface area contributed by atoms with E-state index >= 15 is 0 Å². The lowest BCUT2D eigenvalue weighted by molar-refractivity contribution is -0.121. The zero-order valence-corrected chi connectivity index (χ0v) is 8.63. The van der Waals surface area contributed by atoms with E-state index in [4.69, 9.17) is 5.73 Å². The number of carbonyl (C=O) groups is 1. The summed E-state index contributed by atoms with van der Waals surface area (Å²) in [6, 6.07) is 0. The van der Waals surface area contributed by atoms with Crippen molar-refractivity contribution in [2.45, 2.75) is 27.2 Å². The molecular formula is C9H19N3O. The first-order chi connectivity index (χ1) is 6.02. The van der Waals surface area contributed by atoms with Gasteiger partial charge in [-0.15, -0.1) is 0 Å². The highest BCUT2D eigenvalue weighted by molar-refractivity contribution is 5.79. The van der Waals surface area contributed by atoms with Crippen LogP contribution in [0, 0.1) is 5.92 Å². The number of hydrogen-bond donors (Lipinski definition) is 2. The Kier molecular flexibility index (Phi) is 5.93. The van der Waals surface area contributed by atoms with Gasteiger partial charge in [-0.3, -0.25) is 9.79 Å². The van der Waals surface area contributed by atoms with E-state index in [1.54, 1.807) is 6.92 Å².